The number of fused-ring (bicyclic) bond motifs is 1. The summed E-state index contributed by atoms with van der Waals surface area (Å²) in [5.41, 5.74) is 0.813. The van der Waals surface area contributed by atoms with Crippen molar-refractivity contribution in [1.82, 2.24) is 14.5 Å². The Morgan fingerprint density at radius 3 is 2.34 bits per heavy atom. The van der Waals surface area contributed by atoms with Crippen LogP contribution in [0.3, 0.4) is 0 Å². The third-order valence-corrected chi connectivity index (χ3v) is 6.21. The Morgan fingerprint density at radius 1 is 1.11 bits per heavy atom. The summed E-state index contributed by atoms with van der Waals surface area (Å²) < 4.78 is 6.90. The lowest BCUT2D eigenvalue weighted by Crippen LogP contribution is -2.39. The number of carbonyl (C=O) groups excluding carboxylic acids is 1. The third-order valence-electron chi connectivity index (χ3n) is 5.98. The summed E-state index contributed by atoms with van der Waals surface area (Å²) >= 11 is 6.24. The number of nitrogens with zero attached hydrogens (tertiary/aromatic N) is 3. The van der Waals surface area contributed by atoms with Crippen molar-refractivity contribution in [3.63, 3.8) is 0 Å². The molecule has 188 valence electrons. The summed E-state index contributed by atoms with van der Waals surface area (Å²) in [6, 6.07) is 11.9. The van der Waals surface area contributed by atoms with E-state index in [0.717, 1.165) is 6.42 Å². The number of aromatic nitrogens is 2. The van der Waals surface area contributed by atoms with E-state index < -0.39 is 6.04 Å². The Morgan fingerprint density at radius 2 is 1.77 bits per heavy atom. The van der Waals surface area contributed by atoms with Gasteiger partial charge in [0.05, 0.1) is 29.7 Å². The molecule has 0 aliphatic heterocycles. The van der Waals surface area contributed by atoms with Crippen LogP contribution in [0.25, 0.3) is 16.6 Å². The second-order valence-corrected chi connectivity index (χ2v) is 11.1. The average molecular weight is 498 g/mol. The van der Waals surface area contributed by atoms with Crippen LogP contribution in [0.4, 0.5) is 0 Å². The smallest absolute Gasteiger partial charge is 0.266 e. The third kappa shape index (κ3) is 6.43. The van der Waals surface area contributed by atoms with E-state index in [1.807, 2.05) is 36.1 Å². The molecular weight excluding hydrogens is 462 g/mol. The van der Waals surface area contributed by atoms with Crippen LogP contribution in [0, 0.1) is 11.3 Å². The molecule has 0 aliphatic carbocycles. The van der Waals surface area contributed by atoms with Gasteiger partial charge in [0.2, 0.25) is 5.91 Å². The van der Waals surface area contributed by atoms with E-state index in [1.165, 1.54) is 0 Å². The molecule has 0 N–H and O–H groups in total. The van der Waals surface area contributed by atoms with Crippen LogP contribution in [0.5, 0.6) is 5.75 Å². The quantitative estimate of drug-likeness (QED) is 0.360. The second-order valence-electron chi connectivity index (χ2n) is 10.7. The fourth-order valence-electron chi connectivity index (χ4n) is 4.06. The summed E-state index contributed by atoms with van der Waals surface area (Å²) in [7, 11) is 1.60. The molecule has 6 nitrogen and oxygen atoms in total. The molecule has 1 unspecified atom stereocenters. The summed E-state index contributed by atoms with van der Waals surface area (Å²) in [6.07, 6.45) is 1.26. The first-order valence-electron chi connectivity index (χ1n) is 12.1. The molecule has 35 heavy (non-hydrogen) atoms. The molecule has 3 aromatic rings. The SMILES string of the molecule is COc1ccc(-n2c(C(C)N(CCC(C)C)C(=O)CC(C)(C)C)nc3cc(Cl)ccc3c2=O)cc1. The molecule has 1 amide bonds. The molecule has 0 bridgehead atoms. The van der Waals surface area contributed by atoms with E-state index >= 15 is 0 Å². The molecule has 2 aromatic carbocycles. The normalized spacial score (nSPS) is 12.7. The highest BCUT2D eigenvalue weighted by Gasteiger charge is 2.29. The highest BCUT2D eigenvalue weighted by molar-refractivity contribution is 6.31. The zero-order valence-electron chi connectivity index (χ0n) is 21.8. The molecule has 0 saturated heterocycles. The van der Waals surface area contributed by atoms with Gasteiger partial charge in [0, 0.05) is 18.0 Å². The van der Waals surface area contributed by atoms with Crippen LogP contribution < -0.4 is 10.3 Å². The van der Waals surface area contributed by atoms with Gasteiger partial charge in [0.1, 0.15) is 11.6 Å². The van der Waals surface area contributed by atoms with Gasteiger partial charge in [0.25, 0.3) is 5.56 Å². The van der Waals surface area contributed by atoms with Crippen molar-refractivity contribution < 1.29 is 9.53 Å². The number of halogens is 1. The number of methoxy groups -OCH3 is 1. The van der Waals surface area contributed by atoms with Crippen molar-refractivity contribution in [1.29, 1.82) is 0 Å². The number of hydrogen-bond donors (Lipinski definition) is 0. The molecule has 1 atom stereocenters. The van der Waals surface area contributed by atoms with E-state index in [2.05, 4.69) is 34.6 Å². The van der Waals surface area contributed by atoms with E-state index in [1.54, 1.807) is 29.9 Å². The number of amides is 1. The van der Waals surface area contributed by atoms with Gasteiger partial charge in [-0.15, -0.1) is 0 Å². The van der Waals surface area contributed by atoms with Crippen LogP contribution >= 0.6 is 11.6 Å². The lowest BCUT2D eigenvalue weighted by Gasteiger charge is -2.33. The maximum absolute atomic E-state index is 13.8. The minimum absolute atomic E-state index is 0.0485. The van der Waals surface area contributed by atoms with Gasteiger partial charge < -0.3 is 9.64 Å². The van der Waals surface area contributed by atoms with Crippen LogP contribution in [0.15, 0.2) is 47.3 Å². The van der Waals surface area contributed by atoms with E-state index in [9.17, 15) is 9.59 Å². The lowest BCUT2D eigenvalue weighted by molar-refractivity contribution is -0.135. The molecule has 1 aromatic heterocycles. The highest BCUT2D eigenvalue weighted by atomic mass is 35.5. The predicted octanol–water partition coefficient (Wildman–Crippen LogP) is 6.42. The van der Waals surface area contributed by atoms with Crippen molar-refractivity contribution >= 4 is 28.4 Å². The van der Waals surface area contributed by atoms with Crippen molar-refractivity contribution in [2.24, 2.45) is 11.3 Å². The summed E-state index contributed by atoms with van der Waals surface area (Å²) in [6.45, 7) is 13.0. The number of carbonyl (C=O) groups is 1. The number of ether oxygens (including phenoxy) is 1. The summed E-state index contributed by atoms with van der Waals surface area (Å²) in [4.78, 5) is 34.0. The average Bonchev–Trinajstić information content (AvgIpc) is 2.77. The van der Waals surface area contributed by atoms with Gasteiger partial charge in [-0.25, -0.2) is 4.98 Å². The largest absolute Gasteiger partial charge is 0.497 e. The van der Waals surface area contributed by atoms with E-state index in [-0.39, 0.29) is 16.9 Å². The Balaban J connectivity index is 2.22. The van der Waals surface area contributed by atoms with Crippen LogP contribution in [-0.4, -0.2) is 34.0 Å². The van der Waals surface area contributed by atoms with Gasteiger partial charge in [-0.05, 0) is 67.1 Å². The van der Waals surface area contributed by atoms with Crippen molar-refractivity contribution in [3.05, 3.63) is 63.7 Å². The van der Waals surface area contributed by atoms with E-state index in [0.29, 0.717) is 52.1 Å². The molecule has 0 aliphatic rings. The molecule has 7 heteroatoms. The molecule has 0 saturated carbocycles. The van der Waals surface area contributed by atoms with Crippen LogP contribution in [-0.2, 0) is 4.79 Å². The molecule has 3 rings (SSSR count). The van der Waals surface area contributed by atoms with Crippen molar-refractivity contribution in [3.8, 4) is 11.4 Å². The summed E-state index contributed by atoms with van der Waals surface area (Å²) in [5.74, 6) is 1.67. The zero-order valence-corrected chi connectivity index (χ0v) is 22.5. The Kier molecular flexibility index (Phi) is 8.26. The zero-order chi connectivity index (χ0) is 25.9. The standard InChI is InChI=1S/C28H36ClN3O3/c1-18(2)14-15-31(25(33)17-28(4,5)6)19(3)26-30-24-16-20(29)8-13-23(24)27(34)32(26)21-9-11-22(35-7)12-10-21/h8-13,16,18-19H,14-15,17H2,1-7H3. The van der Waals surface area contributed by atoms with Crippen LogP contribution in [0.2, 0.25) is 5.02 Å². The molecule has 0 radical (unpaired) electrons. The van der Waals surface area contributed by atoms with Gasteiger partial charge in [0.15, 0.2) is 0 Å². The Bertz CT molecular complexity index is 1240. The molecular formula is C28H36ClN3O3. The molecule has 0 spiro atoms. The Labute approximate surface area is 212 Å². The number of hydrogen-bond acceptors (Lipinski definition) is 4. The first-order chi connectivity index (χ1) is 16.4. The van der Waals surface area contributed by atoms with Gasteiger partial charge in [-0.1, -0.05) is 46.2 Å². The molecule has 0 fully saturated rings. The highest BCUT2D eigenvalue weighted by Crippen LogP contribution is 2.28. The first-order valence-corrected chi connectivity index (χ1v) is 12.4. The maximum atomic E-state index is 13.8. The topological polar surface area (TPSA) is 64.4 Å². The Hall–Kier alpha value is -2.86. The second kappa shape index (κ2) is 10.8. The molecule has 1 heterocycles. The fourth-order valence-corrected chi connectivity index (χ4v) is 4.23. The van der Waals surface area contributed by atoms with E-state index in [4.69, 9.17) is 21.3 Å². The summed E-state index contributed by atoms with van der Waals surface area (Å²) in [5, 5.41) is 0.974. The minimum atomic E-state index is -0.429. The maximum Gasteiger partial charge on any atom is 0.266 e. The van der Waals surface area contributed by atoms with Crippen LogP contribution in [0.1, 0.15) is 66.3 Å². The monoisotopic (exact) mass is 497 g/mol. The fraction of sp³-hybridized carbons (Fsp3) is 0.464. The number of rotatable bonds is 8. The van der Waals surface area contributed by atoms with Gasteiger partial charge in [-0.2, -0.15) is 0 Å². The minimum Gasteiger partial charge on any atom is -0.497 e. The predicted molar refractivity (Wildman–Crippen MR) is 143 cm³/mol. The van der Waals surface area contributed by atoms with Crippen molar-refractivity contribution in [2.45, 2.75) is 60.4 Å². The lowest BCUT2D eigenvalue weighted by atomic mass is 9.91. The van der Waals surface area contributed by atoms with Gasteiger partial charge >= 0.3 is 0 Å². The number of benzene rings is 2. The first kappa shape index (κ1) is 26.7. The van der Waals surface area contributed by atoms with Crippen molar-refractivity contribution in [2.75, 3.05) is 13.7 Å². The van der Waals surface area contributed by atoms with Gasteiger partial charge in [-0.3, -0.25) is 14.2 Å².